The number of carboxylic acids is 1. The van der Waals surface area contributed by atoms with E-state index in [9.17, 15) is 14.7 Å². The van der Waals surface area contributed by atoms with E-state index >= 15 is 0 Å². The van der Waals surface area contributed by atoms with Crippen molar-refractivity contribution in [3.63, 3.8) is 0 Å². The van der Waals surface area contributed by atoms with Crippen LogP contribution in [0.5, 0.6) is 11.5 Å². The summed E-state index contributed by atoms with van der Waals surface area (Å²) >= 11 is 0. The zero-order chi connectivity index (χ0) is 22.5. The third-order valence-electron chi connectivity index (χ3n) is 5.41. The number of benzene rings is 3. The summed E-state index contributed by atoms with van der Waals surface area (Å²) in [4.78, 5) is 24.0. The topological polar surface area (TPSA) is 94.1 Å². The molecule has 0 aromatic heterocycles. The number of hydrogen-bond donors (Lipinski definition) is 2. The Balaban J connectivity index is 1.39. The van der Waals surface area contributed by atoms with Crippen LogP contribution in [0.4, 0.5) is 4.79 Å². The van der Waals surface area contributed by atoms with E-state index in [-0.39, 0.29) is 19.1 Å². The number of methoxy groups -OCH3 is 1. The monoisotopic (exact) mass is 433 g/mol. The summed E-state index contributed by atoms with van der Waals surface area (Å²) < 4.78 is 16.2. The van der Waals surface area contributed by atoms with E-state index in [1.807, 2.05) is 48.5 Å². The van der Waals surface area contributed by atoms with Crippen molar-refractivity contribution in [2.75, 3.05) is 20.3 Å². The van der Waals surface area contributed by atoms with E-state index in [1.165, 1.54) is 7.11 Å². The first-order valence-electron chi connectivity index (χ1n) is 10.2. The maximum absolute atomic E-state index is 12.4. The van der Waals surface area contributed by atoms with Gasteiger partial charge in [-0.05, 0) is 34.4 Å². The highest BCUT2D eigenvalue weighted by Crippen LogP contribution is 2.44. The van der Waals surface area contributed by atoms with E-state index in [0.717, 1.165) is 22.3 Å². The summed E-state index contributed by atoms with van der Waals surface area (Å²) in [6.45, 7) is -0.181. The summed E-state index contributed by atoms with van der Waals surface area (Å²) in [5.41, 5.74) is 4.39. The number of ether oxygens (including phenoxy) is 3. The van der Waals surface area contributed by atoms with Crippen LogP contribution in [0.3, 0.4) is 0 Å². The summed E-state index contributed by atoms with van der Waals surface area (Å²) in [6.07, 6.45) is -0.817. The fourth-order valence-corrected chi connectivity index (χ4v) is 3.87. The molecular formula is C25H23NO6. The highest BCUT2D eigenvalue weighted by molar-refractivity contribution is 5.81. The third kappa shape index (κ3) is 4.37. The number of nitrogens with one attached hydrogen (secondary N) is 1. The van der Waals surface area contributed by atoms with Gasteiger partial charge in [-0.3, -0.25) is 0 Å². The fraction of sp³-hybridized carbons (Fsp3) is 0.200. The lowest BCUT2D eigenvalue weighted by Crippen LogP contribution is -2.45. The molecule has 0 heterocycles. The van der Waals surface area contributed by atoms with Gasteiger partial charge in [-0.2, -0.15) is 0 Å². The number of carbonyl (C=O) groups is 2. The predicted molar refractivity (Wildman–Crippen MR) is 118 cm³/mol. The third-order valence-corrected chi connectivity index (χ3v) is 5.41. The largest absolute Gasteiger partial charge is 0.493 e. The average molecular weight is 433 g/mol. The molecule has 0 radical (unpaired) electrons. The zero-order valence-corrected chi connectivity index (χ0v) is 17.5. The standard InChI is InChI=1S/C25H23NO6/c1-30-22-12-6-7-13-23(22)31-15-21(24(27)28)26-25(29)32-14-20-18-10-4-2-8-16(18)17-9-3-5-11-19(17)20/h2-13,20-21H,14-15H2,1H3,(H,26,29)(H,27,28)/t21-/m0/s1. The first-order valence-corrected chi connectivity index (χ1v) is 10.2. The summed E-state index contributed by atoms with van der Waals surface area (Å²) in [5.74, 6) is -0.483. The maximum atomic E-state index is 12.4. The number of aliphatic carboxylic acids is 1. The molecule has 7 heteroatoms. The summed E-state index contributed by atoms with van der Waals surface area (Å²) in [7, 11) is 1.49. The molecule has 7 nitrogen and oxygen atoms in total. The van der Waals surface area contributed by atoms with Crippen LogP contribution in [0.2, 0.25) is 0 Å². The highest BCUT2D eigenvalue weighted by Gasteiger charge is 2.30. The smallest absolute Gasteiger partial charge is 0.407 e. The average Bonchev–Trinajstić information content (AvgIpc) is 3.14. The van der Waals surface area contributed by atoms with Gasteiger partial charge in [0.15, 0.2) is 17.5 Å². The van der Waals surface area contributed by atoms with Gasteiger partial charge in [0, 0.05) is 5.92 Å². The Kier molecular flexibility index (Phi) is 6.26. The number of alkyl carbamates (subject to hydrolysis) is 1. The number of carbonyl (C=O) groups excluding carboxylic acids is 1. The molecule has 0 aliphatic heterocycles. The van der Waals surface area contributed by atoms with Crippen LogP contribution in [-0.4, -0.2) is 43.5 Å². The van der Waals surface area contributed by atoms with Gasteiger partial charge in [0.05, 0.1) is 7.11 Å². The zero-order valence-electron chi connectivity index (χ0n) is 17.5. The lowest BCUT2D eigenvalue weighted by Gasteiger charge is -2.18. The van der Waals surface area contributed by atoms with Crippen LogP contribution in [0.25, 0.3) is 11.1 Å². The van der Waals surface area contributed by atoms with Gasteiger partial charge < -0.3 is 24.6 Å². The van der Waals surface area contributed by atoms with Crippen molar-refractivity contribution in [1.82, 2.24) is 5.32 Å². The molecule has 1 aliphatic carbocycles. The molecule has 3 aromatic rings. The van der Waals surface area contributed by atoms with Gasteiger partial charge in [-0.15, -0.1) is 0 Å². The first kappa shape index (κ1) is 21.2. The highest BCUT2D eigenvalue weighted by atomic mass is 16.6. The molecule has 32 heavy (non-hydrogen) atoms. The number of hydrogen-bond acceptors (Lipinski definition) is 5. The van der Waals surface area contributed by atoms with Crippen LogP contribution in [0.15, 0.2) is 72.8 Å². The number of carboxylic acid groups (broad SMARTS) is 1. The van der Waals surface area contributed by atoms with Crippen LogP contribution < -0.4 is 14.8 Å². The predicted octanol–water partition coefficient (Wildman–Crippen LogP) is 4.07. The number of fused-ring (bicyclic) bond motifs is 3. The normalized spacial score (nSPS) is 12.9. The molecule has 0 saturated carbocycles. The lowest BCUT2D eigenvalue weighted by molar-refractivity contribution is -0.140. The minimum atomic E-state index is -1.28. The van der Waals surface area contributed by atoms with Crippen molar-refractivity contribution in [3.05, 3.63) is 83.9 Å². The number of para-hydroxylation sites is 2. The van der Waals surface area contributed by atoms with Crippen LogP contribution in [-0.2, 0) is 9.53 Å². The Labute approximate surface area is 185 Å². The number of rotatable bonds is 8. The second kappa shape index (κ2) is 9.43. The SMILES string of the molecule is COc1ccccc1OC[C@H](NC(=O)OCC1c2ccccc2-c2ccccc21)C(=O)O. The van der Waals surface area contributed by atoms with Gasteiger partial charge in [-0.25, -0.2) is 9.59 Å². The van der Waals surface area contributed by atoms with Crippen molar-refractivity contribution >= 4 is 12.1 Å². The Hall–Kier alpha value is -4.00. The number of amides is 1. The Morgan fingerprint density at radius 3 is 2.06 bits per heavy atom. The van der Waals surface area contributed by atoms with Gasteiger partial charge in [0.1, 0.15) is 13.2 Å². The maximum Gasteiger partial charge on any atom is 0.407 e. The molecule has 0 unspecified atom stereocenters. The van der Waals surface area contributed by atoms with Gasteiger partial charge in [0.25, 0.3) is 0 Å². The Morgan fingerprint density at radius 2 is 1.47 bits per heavy atom. The van der Waals surface area contributed by atoms with E-state index in [1.54, 1.807) is 24.3 Å². The minimum Gasteiger partial charge on any atom is -0.493 e. The molecule has 164 valence electrons. The molecule has 4 rings (SSSR count). The molecule has 1 atom stereocenters. The van der Waals surface area contributed by atoms with Crippen molar-refractivity contribution < 1.29 is 28.9 Å². The Bertz CT molecular complexity index is 1080. The van der Waals surface area contributed by atoms with Crippen molar-refractivity contribution in [2.45, 2.75) is 12.0 Å². The van der Waals surface area contributed by atoms with Gasteiger partial charge in [0.2, 0.25) is 0 Å². The molecular weight excluding hydrogens is 410 g/mol. The Morgan fingerprint density at radius 1 is 0.906 bits per heavy atom. The fourth-order valence-electron chi connectivity index (χ4n) is 3.87. The quantitative estimate of drug-likeness (QED) is 0.556. The molecule has 1 aliphatic rings. The summed E-state index contributed by atoms with van der Waals surface area (Å²) in [5, 5.41) is 11.9. The lowest BCUT2D eigenvalue weighted by atomic mass is 9.98. The second-order valence-electron chi connectivity index (χ2n) is 7.32. The molecule has 0 bridgehead atoms. The second-order valence-corrected chi connectivity index (χ2v) is 7.32. The minimum absolute atomic E-state index is 0.0968. The molecule has 0 fully saturated rings. The van der Waals surface area contributed by atoms with E-state index in [4.69, 9.17) is 14.2 Å². The van der Waals surface area contributed by atoms with Gasteiger partial charge >= 0.3 is 12.1 Å². The van der Waals surface area contributed by atoms with Crippen LogP contribution in [0, 0.1) is 0 Å². The molecule has 1 amide bonds. The molecule has 0 saturated heterocycles. The summed E-state index contributed by atoms with van der Waals surface area (Å²) in [6, 6.07) is 21.6. The van der Waals surface area contributed by atoms with E-state index < -0.39 is 18.1 Å². The van der Waals surface area contributed by atoms with E-state index in [0.29, 0.717) is 11.5 Å². The van der Waals surface area contributed by atoms with Crippen molar-refractivity contribution in [2.24, 2.45) is 0 Å². The molecule has 2 N–H and O–H groups in total. The molecule has 3 aromatic carbocycles. The van der Waals surface area contributed by atoms with E-state index in [2.05, 4.69) is 5.32 Å². The van der Waals surface area contributed by atoms with Crippen molar-refractivity contribution in [1.29, 1.82) is 0 Å². The van der Waals surface area contributed by atoms with Crippen LogP contribution >= 0.6 is 0 Å². The van der Waals surface area contributed by atoms with Crippen molar-refractivity contribution in [3.8, 4) is 22.6 Å². The first-order chi connectivity index (χ1) is 15.6. The van der Waals surface area contributed by atoms with Crippen LogP contribution in [0.1, 0.15) is 17.0 Å². The van der Waals surface area contributed by atoms with Gasteiger partial charge in [-0.1, -0.05) is 60.7 Å². The molecule has 0 spiro atoms.